The van der Waals surface area contributed by atoms with Crippen LogP contribution in [0.3, 0.4) is 0 Å². The number of carbonyl (C=O) groups is 1. The average molecular weight is 266 g/mol. The molecule has 0 atom stereocenters. The number of aryl methyl sites for hydroxylation is 2. The van der Waals surface area contributed by atoms with Gasteiger partial charge in [0.1, 0.15) is 0 Å². The second kappa shape index (κ2) is 5.00. The summed E-state index contributed by atoms with van der Waals surface area (Å²) in [5.74, 6) is 0.0768. The molecule has 0 spiro atoms. The van der Waals surface area contributed by atoms with Crippen LogP contribution in [-0.2, 0) is 4.79 Å². The van der Waals surface area contributed by atoms with Gasteiger partial charge in [-0.3, -0.25) is 4.79 Å². The number of hydrogen-bond acceptors (Lipinski definition) is 2. The molecule has 0 saturated carbocycles. The predicted octanol–water partition coefficient (Wildman–Crippen LogP) is 3.78. The van der Waals surface area contributed by atoms with E-state index < -0.39 is 0 Å². The minimum atomic E-state index is 0.0768. The van der Waals surface area contributed by atoms with E-state index in [-0.39, 0.29) is 5.91 Å². The van der Waals surface area contributed by atoms with E-state index in [1.54, 1.807) is 0 Å². The van der Waals surface area contributed by atoms with Crippen molar-refractivity contribution in [1.82, 2.24) is 0 Å². The number of anilines is 3. The molecule has 1 aliphatic heterocycles. The van der Waals surface area contributed by atoms with Crippen LogP contribution in [0.5, 0.6) is 0 Å². The SMILES string of the molecule is Cc1ccc2c(c1)NC(=O)CCN2c1ccccc1C. The first-order valence-electron chi connectivity index (χ1n) is 6.89. The molecule has 0 fully saturated rings. The zero-order valence-corrected chi connectivity index (χ0v) is 11.8. The van der Waals surface area contributed by atoms with Crippen molar-refractivity contribution in [2.75, 3.05) is 16.8 Å². The van der Waals surface area contributed by atoms with Crippen LogP contribution in [0.4, 0.5) is 17.1 Å². The highest BCUT2D eigenvalue weighted by atomic mass is 16.1. The summed E-state index contributed by atoms with van der Waals surface area (Å²) in [6, 6.07) is 14.5. The molecule has 1 aliphatic rings. The van der Waals surface area contributed by atoms with E-state index in [2.05, 4.69) is 41.4 Å². The Morgan fingerprint density at radius 3 is 2.65 bits per heavy atom. The van der Waals surface area contributed by atoms with E-state index >= 15 is 0 Å². The van der Waals surface area contributed by atoms with E-state index in [4.69, 9.17) is 0 Å². The first-order valence-corrected chi connectivity index (χ1v) is 6.89. The van der Waals surface area contributed by atoms with Gasteiger partial charge in [0.05, 0.1) is 11.4 Å². The predicted molar refractivity (Wildman–Crippen MR) is 82.6 cm³/mol. The van der Waals surface area contributed by atoms with Gasteiger partial charge in [-0.25, -0.2) is 0 Å². The molecule has 0 bridgehead atoms. The van der Waals surface area contributed by atoms with Crippen LogP contribution in [0.2, 0.25) is 0 Å². The Morgan fingerprint density at radius 2 is 1.85 bits per heavy atom. The standard InChI is InChI=1S/C17H18N2O/c1-12-7-8-16-14(11-12)18-17(20)9-10-19(16)15-6-4-3-5-13(15)2/h3-8,11H,9-10H2,1-2H3,(H,18,20). The van der Waals surface area contributed by atoms with Crippen LogP contribution >= 0.6 is 0 Å². The molecule has 0 radical (unpaired) electrons. The Hall–Kier alpha value is -2.29. The Kier molecular flexibility index (Phi) is 3.18. The van der Waals surface area contributed by atoms with Gasteiger partial charge in [0, 0.05) is 18.7 Å². The fourth-order valence-electron chi connectivity index (χ4n) is 2.65. The fraction of sp³-hybridized carbons (Fsp3) is 0.235. The number of benzene rings is 2. The van der Waals surface area contributed by atoms with Crippen LogP contribution < -0.4 is 10.2 Å². The Labute approximate surface area is 119 Å². The van der Waals surface area contributed by atoms with Crippen molar-refractivity contribution in [3.05, 3.63) is 53.6 Å². The highest BCUT2D eigenvalue weighted by Crippen LogP contribution is 2.36. The molecule has 1 N–H and O–H groups in total. The monoisotopic (exact) mass is 266 g/mol. The molecule has 20 heavy (non-hydrogen) atoms. The summed E-state index contributed by atoms with van der Waals surface area (Å²) in [6.07, 6.45) is 0.502. The molecule has 0 aliphatic carbocycles. The zero-order chi connectivity index (χ0) is 14.1. The fourth-order valence-corrected chi connectivity index (χ4v) is 2.65. The van der Waals surface area contributed by atoms with Crippen molar-refractivity contribution in [2.45, 2.75) is 20.3 Å². The van der Waals surface area contributed by atoms with Gasteiger partial charge < -0.3 is 10.2 Å². The highest BCUT2D eigenvalue weighted by Gasteiger charge is 2.21. The van der Waals surface area contributed by atoms with E-state index in [0.29, 0.717) is 13.0 Å². The topological polar surface area (TPSA) is 32.3 Å². The van der Waals surface area contributed by atoms with E-state index in [0.717, 1.165) is 22.6 Å². The van der Waals surface area contributed by atoms with Crippen molar-refractivity contribution < 1.29 is 4.79 Å². The van der Waals surface area contributed by atoms with Crippen LogP contribution in [-0.4, -0.2) is 12.5 Å². The second-order valence-electron chi connectivity index (χ2n) is 5.26. The third-order valence-electron chi connectivity index (χ3n) is 3.69. The van der Waals surface area contributed by atoms with Crippen molar-refractivity contribution in [1.29, 1.82) is 0 Å². The van der Waals surface area contributed by atoms with Gasteiger partial charge in [-0.05, 0) is 43.2 Å². The number of nitrogens with zero attached hydrogens (tertiary/aromatic N) is 1. The number of nitrogens with one attached hydrogen (secondary N) is 1. The maximum atomic E-state index is 11.9. The van der Waals surface area contributed by atoms with Gasteiger partial charge in [-0.2, -0.15) is 0 Å². The lowest BCUT2D eigenvalue weighted by Gasteiger charge is -2.26. The maximum absolute atomic E-state index is 11.9. The van der Waals surface area contributed by atoms with Gasteiger partial charge in [0.2, 0.25) is 5.91 Å². The minimum absolute atomic E-state index is 0.0768. The summed E-state index contributed by atoms with van der Waals surface area (Å²) in [4.78, 5) is 14.1. The van der Waals surface area contributed by atoms with E-state index in [1.165, 1.54) is 5.56 Å². The Bertz CT molecular complexity index is 664. The van der Waals surface area contributed by atoms with Crippen LogP contribution in [0.15, 0.2) is 42.5 Å². The molecular weight excluding hydrogens is 248 g/mol. The third kappa shape index (κ3) is 2.27. The average Bonchev–Trinajstić information content (AvgIpc) is 2.57. The van der Waals surface area contributed by atoms with Gasteiger partial charge >= 0.3 is 0 Å². The van der Waals surface area contributed by atoms with Gasteiger partial charge in [0.25, 0.3) is 0 Å². The lowest BCUT2D eigenvalue weighted by atomic mass is 10.1. The molecule has 3 nitrogen and oxygen atoms in total. The molecule has 0 aromatic heterocycles. The van der Waals surface area contributed by atoms with Crippen molar-refractivity contribution in [2.24, 2.45) is 0 Å². The van der Waals surface area contributed by atoms with Crippen molar-refractivity contribution >= 4 is 23.0 Å². The van der Waals surface area contributed by atoms with Crippen LogP contribution in [0.25, 0.3) is 0 Å². The largest absolute Gasteiger partial charge is 0.339 e. The normalized spacial score (nSPS) is 14.5. The molecule has 2 aromatic carbocycles. The summed E-state index contributed by atoms with van der Waals surface area (Å²) in [7, 11) is 0. The number of hydrogen-bond donors (Lipinski definition) is 1. The van der Waals surface area contributed by atoms with Crippen LogP contribution in [0.1, 0.15) is 17.5 Å². The van der Waals surface area contributed by atoms with Crippen LogP contribution in [0, 0.1) is 13.8 Å². The van der Waals surface area contributed by atoms with E-state index in [1.807, 2.05) is 25.1 Å². The number of rotatable bonds is 1. The Balaban J connectivity index is 2.13. The molecule has 102 valence electrons. The quantitative estimate of drug-likeness (QED) is 0.851. The van der Waals surface area contributed by atoms with Gasteiger partial charge in [0.15, 0.2) is 0 Å². The lowest BCUT2D eigenvalue weighted by molar-refractivity contribution is -0.115. The molecule has 1 heterocycles. The molecule has 1 amide bonds. The summed E-state index contributed by atoms with van der Waals surface area (Å²) < 4.78 is 0. The summed E-state index contributed by atoms with van der Waals surface area (Å²) >= 11 is 0. The first kappa shape index (κ1) is 12.7. The van der Waals surface area contributed by atoms with Crippen molar-refractivity contribution in [3.8, 4) is 0 Å². The molecule has 2 aromatic rings. The summed E-state index contributed by atoms with van der Waals surface area (Å²) in [6.45, 7) is 4.84. The van der Waals surface area contributed by atoms with Gasteiger partial charge in [-0.1, -0.05) is 24.3 Å². The van der Waals surface area contributed by atoms with Gasteiger partial charge in [-0.15, -0.1) is 0 Å². The smallest absolute Gasteiger partial charge is 0.226 e. The third-order valence-corrected chi connectivity index (χ3v) is 3.69. The number of para-hydroxylation sites is 1. The van der Waals surface area contributed by atoms with E-state index in [9.17, 15) is 4.79 Å². The molecule has 3 heteroatoms. The number of carbonyl (C=O) groups excluding carboxylic acids is 1. The van der Waals surface area contributed by atoms with Crippen molar-refractivity contribution in [3.63, 3.8) is 0 Å². The molecule has 3 rings (SSSR count). The summed E-state index contributed by atoms with van der Waals surface area (Å²) in [5.41, 5.74) is 5.49. The maximum Gasteiger partial charge on any atom is 0.226 e. The minimum Gasteiger partial charge on any atom is -0.339 e. The highest BCUT2D eigenvalue weighted by molar-refractivity contribution is 5.97. The zero-order valence-electron chi connectivity index (χ0n) is 11.8. The lowest BCUT2D eigenvalue weighted by Crippen LogP contribution is -2.19. The second-order valence-corrected chi connectivity index (χ2v) is 5.26. The molecular formula is C17H18N2O. The molecule has 0 saturated heterocycles. The number of fused-ring (bicyclic) bond motifs is 1. The number of amides is 1. The summed E-state index contributed by atoms with van der Waals surface area (Å²) in [5, 5.41) is 3.00. The Morgan fingerprint density at radius 1 is 1.05 bits per heavy atom. The molecule has 0 unspecified atom stereocenters. The first-order chi connectivity index (χ1) is 9.65.